The summed E-state index contributed by atoms with van der Waals surface area (Å²) in [4.78, 5) is 21.7. The average Bonchev–Trinajstić information content (AvgIpc) is 2.44. The second-order valence-corrected chi connectivity index (χ2v) is 4.98. The summed E-state index contributed by atoms with van der Waals surface area (Å²) < 4.78 is 61.6. The largest absolute Gasteiger partial charge is 0.453 e. The molecule has 0 heterocycles. The molecule has 9 heteroatoms. The number of nitrogens with zero attached hydrogens (tertiary/aromatic N) is 1. The van der Waals surface area contributed by atoms with Crippen molar-refractivity contribution in [3.63, 3.8) is 0 Å². The molecule has 0 fully saturated rings. The zero-order valence-corrected chi connectivity index (χ0v) is 12.1. The van der Waals surface area contributed by atoms with Gasteiger partial charge in [-0.1, -0.05) is 13.0 Å². The van der Waals surface area contributed by atoms with E-state index in [2.05, 4.69) is 0 Å². The van der Waals surface area contributed by atoms with Crippen LogP contribution in [-0.2, 0) is 17.6 Å². The Kier molecular flexibility index (Phi) is 5.79. The van der Waals surface area contributed by atoms with Gasteiger partial charge in [0.2, 0.25) is 0 Å². The molecule has 0 saturated heterocycles. The van der Waals surface area contributed by atoms with Crippen molar-refractivity contribution in [1.29, 1.82) is 0 Å². The summed E-state index contributed by atoms with van der Waals surface area (Å²) in [5, 5.41) is 10.7. The third-order valence-corrected chi connectivity index (χ3v) is 3.30. The zero-order valence-electron chi connectivity index (χ0n) is 12.1. The van der Waals surface area contributed by atoms with Crippen molar-refractivity contribution < 1.29 is 31.7 Å². The van der Waals surface area contributed by atoms with Crippen molar-refractivity contribution in [2.75, 3.05) is 0 Å². The normalized spacial score (nSPS) is 12.3. The molecule has 128 valence electrons. The number of alkyl halides is 5. The molecule has 1 aromatic carbocycles. The number of nitro benzene ring substituents is 1. The first-order chi connectivity index (χ1) is 10.5. The second-order valence-electron chi connectivity index (χ2n) is 4.98. The number of hydrogen-bond donors (Lipinski definition) is 0. The van der Waals surface area contributed by atoms with E-state index in [4.69, 9.17) is 0 Å². The first-order valence-corrected chi connectivity index (χ1v) is 6.70. The zero-order chi connectivity index (χ0) is 17.8. The fourth-order valence-corrected chi connectivity index (χ4v) is 1.97. The topological polar surface area (TPSA) is 60.2 Å². The van der Waals surface area contributed by atoms with Gasteiger partial charge in [0, 0.05) is 31.4 Å². The third-order valence-electron chi connectivity index (χ3n) is 3.30. The van der Waals surface area contributed by atoms with Crippen molar-refractivity contribution in [2.45, 2.75) is 44.7 Å². The Morgan fingerprint density at radius 3 is 2.26 bits per heavy atom. The van der Waals surface area contributed by atoms with Gasteiger partial charge in [-0.05, 0) is 17.5 Å². The summed E-state index contributed by atoms with van der Waals surface area (Å²) in [6.45, 7) is 1.69. The molecule has 0 unspecified atom stereocenters. The molecule has 0 aliphatic heterocycles. The van der Waals surface area contributed by atoms with E-state index in [0.717, 1.165) is 6.07 Å². The lowest BCUT2D eigenvalue weighted by atomic mass is 9.97. The third kappa shape index (κ3) is 4.97. The Morgan fingerprint density at radius 2 is 1.78 bits per heavy atom. The Bertz CT molecular complexity index is 599. The molecular formula is C14H14F5NO3. The van der Waals surface area contributed by atoms with Crippen LogP contribution in [0.5, 0.6) is 0 Å². The summed E-state index contributed by atoms with van der Waals surface area (Å²) in [5.74, 6) is -5.69. The van der Waals surface area contributed by atoms with Crippen molar-refractivity contribution in [2.24, 2.45) is 0 Å². The maximum atomic E-state index is 12.8. The number of nitro groups is 1. The molecule has 0 radical (unpaired) electrons. The number of aryl methyl sites for hydroxylation is 1. The van der Waals surface area contributed by atoms with Gasteiger partial charge in [0.05, 0.1) is 4.92 Å². The van der Waals surface area contributed by atoms with Crippen LogP contribution >= 0.6 is 0 Å². The number of Topliss-reactive ketones (excluding diaryl/α,β-unsaturated/α-hetero) is 1. The molecule has 0 aliphatic carbocycles. The minimum absolute atomic E-state index is 0.179. The summed E-state index contributed by atoms with van der Waals surface area (Å²) in [6.07, 6.45) is -8.19. The van der Waals surface area contributed by atoms with Gasteiger partial charge >= 0.3 is 12.1 Å². The van der Waals surface area contributed by atoms with Crippen molar-refractivity contribution in [1.82, 2.24) is 0 Å². The molecule has 0 saturated carbocycles. The molecule has 0 aliphatic rings. The van der Waals surface area contributed by atoms with Gasteiger partial charge in [-0.2, -0.15) is 22.0 Å². The van der Waals surface area contributed by atoms with Crippen LogP contribution in [0, 0.1) is 10.1 Å². The molecule has 0 atom stereocenters. The van der Waals surface area contributed by atoms with Crippen LogP contribution in [0.3, 0.4) is 0 Å². The number of rotatable bonds is 7. The Balaban J connectivity index is 2.77. The fraction of sp³-hybridized carbons (Fsp3) is 0.500. The molecule has 1 aromatic rings. The minimum atomic E-state index is -5.69. The van der Waals surface area contributed by atoms with Gasteiger partial charge in [-0.25, -0.2) is 0 Å². The molecule has 4 nitrogen and oxygen atoms in total. The first kappa shape index (κ1) is 19.0. The van der Waals surface area contributed by atoms with Crippen LogP contribution in [-0.4, -0.2) is 22.8 Å². The molecule has 1 rings (SSSR count). The Hall–Kier alpha value is -2.06. The van der Waals surface area contributed by atoms with Crippen LogP contribution in [0.2, 0.25) is 0 Å². The quantitative estimate of drug-likeness (QED) is 0.424. The Labute approximate surface area is 128 Å². The van der Waals surface area contributed by atoms with Crippen LogP contribution in [0.25, 0.3) is 0 Å². The SMILES string of the molecule is CCc1cc([N+](=O)[O-])ccc1CC(=O)CCC(F)(F)C(F)(F)F. The summed E-state index contributed by atoms with van der Waals surface area (Å²) in [7, 11) is 0. The highest BCUT2D eigenvalue weighted by Crippen LogP contribution is 2.38. The highest BCUT2D eigenvalue weighted by molar-refractivity contribution is 5.81. The van der Waals surface area contributed by atoms with Crippen LogP contribution in [0.1, 0.15) is 30.9 Å². The van der Waals surface area contributed by atoms with E-state index in [1.54, 1.807) is 6.92 Å². The first-order valence-electron chi connectivity index (χ1n) is 6.70. The van der Waals surface area contributed by atoms with Crippen molar-refractivity contribution >= 4 is 11.5 Å². The van der Waals surface area contributed by atoms with Crippen LogP contribution in [0.15, 0.2) is 18.2 Å². The van der Waals surface area contributed by atoms with E-state index >= 15 is 0 Å². The summed E-state index contributed by atoms with van der Waals surface area (Å²) in [5.41, 5.74) is 0.690. The molecule has 0 bridgehead atoms. The lowest BCUT2D eigenvalue weighted by Gasteiger charge is -2.19. The number of halogens is 5. The molecule has 23 heavy (non-hydrogen) atoms. The second kappa shape index (κ2) is 7.01. The highest BCUT2D eigenvalue weighted by Gasteiger charge is 2.56. The van der Waals surface area contributed by atoms with Gasteiger partial charge in [-0.15, -0.1) is 0 Å². The van der Waals surface area contributed by atoms with E-state index in [1.165, 1.54) is 12.1 Å². The monoisotopic (exact) mass is 339 g/mol. The van der Waals surface area contributed by atoms with Crippen LogP contribution in [0.4, 0.5) is 27.6 Å². The maximum absolute atomic E-state index is 12.8. The molecular weight excluding hydrogens is 325 g/mol. The average molecular weight is 339 g/mol. The minimum Gasteiger partial charge on any atom is -0.299 e. The molecule has 0 N–H and O–H groups in total. The predicted molar refractivity (Wildman–Crippen MR) is 71.4 cm³/mol. The van der Waals surface area contributed by atoms with Gasteiger partial charge in [0.1, 0.15) is 5.78 Å². The molecule has 0 spiro atoms. The lowest BCUT2D eigenvalue weighted by Crippen LogP contribution is -2.36. The molecule has 0 aromatic heterocycles. The van der Waals surface area contributed by atoms with Crippen molar-refractivity contribution in [3.8, 4) is 0 Å². The van der Waals surface area contributed by atoms with E-state index in [0.29, 0.717) is 17.5 Å². The predicted octanol–water partition coefficient (Wildman–Crippen LogP) is 4.25. The fourth-order valence-electron chi connectivity index (χ4n) is 1.97. The standard InChI is InChI=1S/C14H14F5NO3/c1-2-9-7-11(20(22)23)4-3-10(9)8-12(21)5-6-13(15,16)14(17,18)19/h3-4,7H,2,5-6,8H2,1H3. The lowest BCUT2D eigenvalue weighted by molar-refractivity contribution is -0.384. The maximum Gasteiger partial charge on any atom is 0.453 e. The van der Waals surface area contributed by atoms with E-state index in [1.807, 2.05) is 0 Å². The molecule has 0 amide bonds. The number of ketones is 1. The van der Waals surface area contributed by atoms with E-state index in [-0.39, 0.29) is 12.1 Å². The van der Waals surface area contributed by atoms with E-state index in [9.17, 15) is 36.9 Å². The van der Waals surface area contributed by atoms with E-state index < -0.39 is 35.6 Å². The number of carbonyl (C=O) groups excluding carboxylic acids is 1. The van der Waals surface area contributed by atoms with Gasteiger partial charge in [0.15, 0.2) is 0 Å². The number of non-ortho nitro benzene ring substituents is 1. The Morgan fingerprint density at radius 1 is 1.17 bits per heavy atom. The van der Waals surface area contributed by atoms with Crippen LogP contribution < -0.4 is 0 Å². The van der Waals surface area contributed by atoms with Gasteiger partial charge in [-0.3, -0.25) is 14.9 Å². The van der Waals surface area contributed by atoms with Gasteiger partial charge < -0.3 is 0 Å². The smallest absolute Gasteiger partial charge is 0.299 e. The number of hydrogen-bond acceptors (Lipinski definition) is 3. The van der Waals surface area contributed by atoms with Gasteiger partial charge in [0.25, 0.3) is 5.69 Å². The number of benzene rings is 1. The van der Waals surface area contributed by atoms with Crippen molar-refractivity contribution in [3.05, 3.63) is 39.4 Å². The number of carbonyl (C=O) groups is 1. The summed E-state index contributed by atoms with van der Waals surface area (Å²) >= 11 is 0. The highest BCUT2D eigenvalue weighted by atomic mass is 19.4. The summed E-state index contributed by atoms with van der Waals surface area (Å²) in [6, 6.07) is 3.73.